The summed E-state index contributed by atoms with van der Waals surface area (Å²) >= 11 is 0. The van der Waals surface area contributed by atoms with Crippen molar-refractivity contribution in [3.8, 4) is 17.1 Å². The fourth-order valence-electron chi connectivity index (χ4n) is 3.09. The maximum atomic E-state index is 12.4. The standard InChI is InChI=1S/C20H22N8O4/c1-21-20(30)16-14(7-15(25-26-16)24-19(29)11-8-32-9-11)23-13-6-4-5-12(17(13)31-3)18-22-10-28(2)27-18/h4-7,10-11H,8-9H2,1-3H3,(H,21,30)(H2,23,24,25,29). The quantitative estimate of drug-likeness (QED) is 0.491. The van der Waals surface area contributed by atoms with Crippen molar-refractivity contribution in [2.75, 3.05) is 38.0 Å². The van der Waals surface area contributed by atoms with E-state index in [1.165, 1.54) is 14.2 Å². The Labute approximate surface area is 183 Å². The Balaban J connectivity index is 1.69. The highest BCUT2D eigenvalue weighted by molar-refractivity contribution is 6.00. The SMILES string of the molecule is CNC(=O)c1nnc(NC(=O)C2COC2)cc1Nc1cccc(-c2ncn(C)n2)c1OC. The summed E-state index contributed by atoms with van der Waals surface area (Å²) in [5.74, 6) is 0.295. The molecule has 3 N–H and O–H groups in total. The van der Waals surface area contributed by atoms with Crippen molar-refractivity contribution >= 4 is 29.0 Å². The van der Waals surface area contributed by atoms with Crippen LogP contribution in [0.2, 0.25) is 0 Å². The van der Waals surface area contributed by atoms with Crippen LogP contribution < -0.4 is 20.7 Å². The molecule has 4 rings (SSSR count). The molecular formula is C20H22N8O4. The first-order valence-corrected chi connectivity index (χ1v) is 9.78. The van der Waals surface area contributed by atoms with Gasteiger partial charge in [-0.2, -0.15) is 5.10 Å². The molecule has 2 aromatic heterocycles. The molecule has 1 fully saturated rings. The summed E-state index contributed by atoms with van der Waals surface area (Å²) in [7, 11) is 4.80. The second kappa shape index (κ2) is 8.98. The van der Waals surface area contributed by atoms with Crippen LogP contribution >= 0.6 is 0 Å². The number of rotatable bonds is 7. The van der Waals surface area contributed by atoms with E-state index >= 15 is 0 Å². The number of carbonyl (C=O) groups excluding carboxylic acids is 2. The van der Waals surface area contributed by atoms with E-state index in [1.54, 1.807) is 30.2 Å². The number of methoxy groups -OCH3 is 1. The zero-order chi connectivity index (χ0) is 22.7. The lowest BCUT2D eigenvalue weighted by Gasteiger charge is -2.24. The number of ether oxygens (including phenoxy) is 2. The van der Waals surface area contributed by atoms with Crippen LogP contribution in [0, 0.1) is 5.92 Å². The van der Waals surface area contributed by atoms with Gasteiger partial charge in [0.25, 0.3) is 5.91 Å². The van der Waals surface area contributed by atoms with Gasteiger partial charge in [0.1, 0.15) is 6.33 Å². The first-order valence-electron chi connectivity index (χ1n) is 9.78. The second-order valence-corrected chi connectivity index (χ2v) is 7.05. The highest BCUT2D eigenvalue weighted by atomic mass is 16.5. The fraction of sp³-hybridized carbons (Fsp3) is 0.300. The number of nitrogens with zero attached hydrogens (tertiary/aromatic N) is 5. The van der Waals surface area contributed by atoms with Crippen LogP contribution in [0.5, 0.6) is 5.75 Å². The molecule has 3 heterocycles. The van der Waals surface area contributed by atoms with Crippen molar-refractivity contribution in [1.29, 1.82) is 0 Å². The van der Waals surface area contributed by atoms with Crippen LogP contribution in [0.25, 0.3) is 11.4 Å². The Morgan fingerprint density at radius 2 is 2.03 bits per heavy atom. The van der Waals surface area contributed by atoms with Crippen LogP contribution in [0.3, 0.4) is 0 Å². The van der Waals surface area contributed by atoms with Crippen molar-refractivity contribution in [3.63, 3.8) is 0 Å². The molecule has 0 bridgehead atoms. The lowest BCUT2D eigenvalue weighted by molar-refractivity contribution is -0.133. The smallest absolute Gasteiger partial charge is 0.273 e. The molecule has 0 saturated carbocycles. The highest BCUT2D eigenvalue weighted by Gasteiger charge is 2.27. The monoisotopic (exact) mass is 438 g/mol. The summed E-state index contributed by atoms with van der Waals surface area (Å²) in [5, 5.41) is 20.7. The average Bonchev–Trinajstić information content (AvgIpc) is 3.18. The molecule has 1 aliphatic rings. The molecule has 1 saturated heterocycles. The van der Waals surface area contributed by atoms with Crippen molar-refractivity contribution < 1.29 is 19.1 Å². The normalized spacial score (nSPS) is 13.2. The summed E-state index contributed by atoms with van der Waals surface area (Å²) in [5.41, 5.74) is 1.62. The average molecular weight is 438 g/mol. The highest BCUT2D eigenvalue weighted by Crippen LogP contribution is 2.37. The second-order valence-electron chi connectivity index (χ2n) is 7.05. The molecule has 0 aliphatic carbocycles. The molecule has 12 nitrogen and oxygen atoms in total. The molecule has 12 heteroatoms. The minimum Gasteiger partial charge on any atom is -0.494 e. The summed E-state index contributed by atoms with van der Waals surface area (Å²) < 4.78 is 12.3. The summed E-state index contributed by atoms with van der Waals surface area (Å²) in [4.78, 5) is 28.9. The van der Waals surface area contributed by atoms with Gasteiger partial charge in [-0.3, -0.25) is 14.3 Å². The Morgan fingerprint density at radius 1 is 1.22 bits per heavy atom. The Hall–Kier alpha value is -4.06. The molecule has 1 aromatic carbocycles. The number of amides is 2. The summed E-state index contributed by atoms with van der Waals surface area (Å²) in [6.07, 6.45) is 1.59. The Bertz CT molecular complexity index is 1160. The molecule has 0 radical (unpaired) electrons. The van der Waals surface area contributed by atoms with E-state index in [2.05, 4.69) is 36.2 Å². The van der Waals surface area contributed by atoms with Crippen LogP contribution in [0.1, 0.15) is 10.5 Å². The predicted octanol–water partition coefficient (Wildman–Crippen LogP) is 0.969. The molecular weight excluding hydrogens is 416 g/mol. The molecule has 3 aromatic rings. The van der Waals surface area contributed by atoms with Gasteiger partial charge in [0.15, 0.2) is 23.1 Å². The summed E-state index contributed by atoms with van der Waals surface area (Å²) in [6, 6.07) is 6.96. The number of hydrogen-bond donors (Lipinski definition) is 3. The largest absolute Gasteiger partial charge is 0.494 e. The lowest BCUT2D eigenvalue weighted by Crippen LogP contribution is -2.38. The Kier molecular flexibility index (Phi) is 5.94. The van der Waals surface area contributed by atoms with E-state index < -0.39 is 5.91 Å². The molecule has 0 unspecified atom stereocenters. The number of aryl methyl sites for hydroxylation is 1. The number of benzene rings is 1. The third-order valence-corrected chi connectivity index (χ3v) is 4.83. The van der Waals surface area contributed by atoms with E-state index in [4.69, 9.17) is 9.47 Å². The van der Waals surface area contributed by atoms with Gasteiger partial charge in [-0.15, -0.1) is 10.2 Å². The van der Waals surface area contributed by atoms with Crippen LogP contribution in [0.4, 0.5) is 17.2 Å². The van der Waals surface area contributed by atoms with Gasteiger partial charge in [-0.25, -0.2) is 4.98 Å². The van der Waals surface area contributed by atoms with Gasteiger partial charge in [0.2, 0.25) is 5.91 Å². The van der Waals surface area contributed by atoms with E-state index in [0.717, 1.165) is 0 Å². The molecule has 0 atom stereocenters. The van der Waals surface area contributed by atoms with Gasteiger partial charge in [-0.1, -0.05) is 6.07 Å². The first-order chi connectivity index (χ1) is 15.5. The fourth-order valence-corrected chi connectivity index (χ4v) is 3.09. The van der Waals surface area contributed by atoms with Crippen LogP contribution in [-0.2, 0) is 16.6 Å². The summed E-state index contributed by atoms with van der Waals surface area (Å²) in [6.45, 7) is 0.735. The maximum absolute atomic E-state index is 12.4. The zero-order valence-corrected chi connectivity index (χ0v) is 17.7. The van der Waals surface area contributed by atoms with Crippen LogP contribution in [-0.4, -0.2) is 64.1 Å². The molecule has 166 valence electrons. The third-order valence-electron chi connectivity index (χ3n) is 4.83. The van der Waals surface area contributed by atoms with Crippen molar-refractivity contribution in [3.05, 3.63) is 36.3 Å². The molecule has 0 spiro atoms. The first kappa shape index (κ1) is 21.2. The topological polar surface area (TPSA) is 145 Å². The molecule has 32 heavy (non-hydrogen) atoms. The van der Waals surface area contributed by atoms with E-state index in [1.807, 2.05) is 12.1 Å². The zero-order valence-electron chi connectivity index (χ0n) is 17.7. The molecule has 2 amide bonds. The van der Waals surface area contributed by atoms with Gasteiger partial charge in [-0.05, 0) is 12.1 Å². The van der Waals surface area contributed by atoms with Crippen molar-refractivity contribution in [2.24, 2.45) is 13.0 Å². The van der Waals surface area contributed by atoms with Crippen molar-refractivity contribution in [1.82, 2.24) is 30.3 Å². The van der Waals surface area contributed by atoms with Gasteiger partial charge in [0, 0.05) is 20.2 Å². The van der Waals surface area contributed by atoms with Crippen molar-refractivity contribution in [2.45, 2.75) is 0 Å². The number of para-hydroxylation sites is 1. The predicted molar refractivity (Wildman–Crippen MR) is 115 cm³/mol. The van der Waals surface area contributed by atoms with Gasteiger partial charge < -0.3 is 25.4 Å². The van der Waals surface area contributed by atoms with E-state index in [-0.39, 0.29) is 23.3 Å². The van der Waals surface area contributed by atoms with E-state index in [9.17, 15) is 9.59 Å². The van der Waals surface area contributed by atoms with Gasteiger partial charge in [0.05, 0.1) is 43.2 Å². The number of anilines is 3. The number of aromatic nitrogens is 5. The van der Waals surface area contributed by atoms with E-state index in [0.29, 0.717) is 41.7 Å². The number of carbonyl (C=O) groups is 2. The molecule has 1 aliphatic heterocycles. The minimum atomic E-state index is -0.438. The van der Waals surface area contributed by atoms with Gasteiger partial charge >= 0.3 is 0 Å². The number of hydrogen-bond acceptors (Lipinski definition) is 9. The lowest BCUT2D eigenvalue weighted by atomic mass is 10.1. The Morgan fingerprint density at radius 3 is 2.66 bits per heavy atom. The number of nitrogens with one attached hydrogen (secondary N) is 3. The van der Waals surface area contributed by atoms with Crippen LogP contribution in [0.15, 0.2) is 30.6 Å². The maximum Gasteiger partial charge on any atom is 0.273 e. The third kappa shape index (κ3) is 4.21. The minimum absolute atomic E-state index is 0.0564.